The average molecular weight is 417 g/mol. The van der Waals surface area contributed by atoms with Gasteiger partial charge in [-0.05, 0) is 37.0 Å². The first-order valence-corrected chi connectivity index (χ1v) is 8.77. The first-order valence-electron chi connectivity index (χ1n) is 8.39. The van der Waals surface area contributed by atoms with E-state index in [4.69, 9.17) is 11.6 Å². The standard InChI is InChI=1S/C17H13ClF4N4O2/c18-10-6-12(11(19)5-9(10)17(20,21)22)23-16(28)26-8-1-2-13(26)15-7(3-8)4-14(27)24-25-15/h4-6,8,13H,1-3H2,(H,23,28)(H,24,27)/t8-,13+/m0/s1. The summed E-state index contributed by atoms with van der Waals surface area (Å²) in [6, 6.07) is 1.16. The Morgan fingerprint density at radius 1 is 1.29 bits per heavy atom. The Kier molecular flexibility index (Phi) is 4.33. The number of amides is 2. The number of halogens is 5. The average Bonchev–Trinajstić information content (AvgIpc) is 2.92. The minimum atomic E-state index is -4.81. The molecule has 0 spiro atoms. The van der Waals surface area contributed by atoms with Crippen LogP contribution in [0, 0.1) is 5.82 Å². The van der Waals surface area contributed by atoms with E-state index in [1.807, 2.05) is 0 Å². The maximum absolute atomic E-state index is 14.1. The number of urea groups is 1. The summed E-state index contributed by atoms with van der Waals surface area (Å²) in [5.41, 5.74) is -0.775. The topological polar surface area (TPSA) is 78.1 Å². The van der Waals surface area contributed by atoms with E-state index in [9.17, 15) is 27.2 Å². The normalized spacial score (nSPS) is 20.8. The van der Waals surface area contributed by atoms with E-state index in [0.717, 1.165) is 11.6 Å². The number of carbonyl (C=O) groups is 1. The van der Waals surface area contributed by atoms with Gasteiger partial charge in [0.15, 0.2) is 0 Å². The third-order valence-corrected chi connectivity index (χ3v) is 5.35. The molecule has 2 aromatic rings. The predicted molar refractivity (Wildman–Crippen MR) is 91.6 cm³/mol. The van der Waals surface area contributed by atoms with Crippen LogP contribution >= 0.6 is 11.6 Å². The van der Waals surface area contributed by atoms with Gasteiger partial charge in [-0.1, -0.05) is 11.6 Å². The number of nitrogens with one attached hydrogen (secondary N) is 2. The van der Waals surface area contributed by atoms with Crippen molar-refractivity contribution in [2.24, 2.45) is 0 Å². The number of anilines is 1. The van der Waals surface area contributed by atoms with Crippen molar-refractivity contribution in [1.82, 2.24) is 15.1 Å². The molecule has 6 nitrogen and oxygen atoms in total. The summed E-state index contributed by atoms with van der Waals surface area (Å²) < 4.78 is 52.6. The van der Waals surface area contributed by atoms with Gasteiger partial charge in [0.05, 0.1) is 28.0 Å². The Labute approximate surface area is 160 Å². The number of aromatic amines is 1. The Balaban J connectivity index is 1.61. The number of hydrogen-bond donors (Lipinski definition) is 2. The van der Waals surface area contributed by atoms with Crippen LogP contribution in [0.1, 0.15) is 35.7 Å². The number of hydrogen-bond acceptors (Lipinski definition) is 3. The number of fused-ring (bicyclic) bond motifs is 4. The highest BCUT2D eigenvalue weighted by atomic mass is 35.5. The Morgan fingerprint density at radius 3 is 2.75 bits per heavy atom. The zero-order valence-electron chi connectivity index (χ0n) is 14.1. The molecule has 0 unspecified atom stereocenters. The zero-order valence-corrected chi connectivity index (χ0v) is 14.9. The molecule has 28 heavy (non-hydrogen) atoms. The van der Waals surface area contributed by atoms with Gasteiger partial charge < -0.3 is 10.2 Å². The minimum absolute atomic E-state index is 0.214. The smallest absolute Gasteiger partial charge is 0.313 e. The molecule has 2 aliphatic rings. The molecule has 1 aromatic heterocycles. The van der Waals surface area contributed by atoms with Crippen molar-refractivity contribution in [2.45, 2.75) is 37.5 Å². The molecule has 1 saturated heterocycles. The van der Waals surface area contributed by atoms with Crippen molar-refractivity contribution in [1.29, 1.82) is 0 Å². The molecule has 4 rings (SSSR count). The van der Waals surface area contributed by atoms with E-state index in [1.54, 1.807) is 0 Å². The van der Waals surface area contributed by atoms with Crippen LogP contribution in [0.25, 0.3) is 0 Å². The molecular weight excluding hydrogens is 404 g/mol. The molecule has 2 aliphatic heterocycles. The summed E-state index contributed by atoms with van der Waals surface area (Å²) in [4.78, 5) is 25.7. The molecule has 2 atom stereocenters. The fourth-order valence-corrected chi connectivity index (χ4v) is 4.13. The summed E-state index contributed by atoms with van der Waals surface area (Å²) >= 11 is 5.61. The largest absolute Gasteiger partial charge is 0.417 e. The number of carbonyl (C=O) groups excluding carboxylic acids is 1. The van der Waals surface area contributed by atoms with Crippen LogP contribution < -0.4 is 10.9 Å². The van der Waals surface area contributed by atoms with Crippen LogP contribution in [0.5, 0.6) is 0 Å². The molecule has 2 N–H and O–H groups in total. The van der Waals surface area contributed by atoms with Gasteiger partial charge in [0.1, 0.15) is 5.82 Å². The first kappa shape index (κ1) is 18.7. The van der Waals surface area contributed by atoms with Crippen molar-refractivity contribution in [3.8, 4) is 0 Å². The number of nitrogens with zero attached hydrogens (tertiary/aromatic N) is 2. The Hall–Kier alpha value is -2.62. The van der Waals surface area contributed by atoms with Gasteiger partial charge in [0.2, 0.25) is 0 Å². The van der Waals surface area contributed by atoms with Crippen molar-refractivity contribution in [3.63, 3.8) is 0 Å². The summed E-state index contributed by atoms with van der Waals surface area (Å²) in [6.07, 6.45) is -3.11. The molecule has 11 heteroatoms. The number of alkyl halides is 3. The molecule has 2 amide bonds. The second kappa shape index (κ2) is 6.47. The fraction of sp³-hybridized carbons (Fsp3) is 0.353. The van der Waals surface area contributed by atoms with Crippen molar-refractivity contribution in [3.05, 3.63) is 56.2 Å². The monoisotopic (exact) mass is 416 g/mol. The van der Waals surface area contributed by atoms with E-state index >= 15 is 0 Å². The van der Waals surface area contributed by atoms with Gasteiger partial charge in [-0.15, -0.1) is 0 Å². The van der Waals surface area contributed by atoms with E-state index < -0.39 is 40.3 Å². The van der Waals surface area contributed by atoms with E-state index in [-0.39, 0.29) is 17.7 Å². The van der Waals surface area contributed by atoms with Crippen LogP contribution in [-0.4, -0.2) is 27.2 Å². The quantitative estimate of drug-likeness (QED) is 0.693. The summed E-state index contributed by atoms with van der Waals surface area (Å²) in [6.45, 7) is 0. The van der Waals surface area contributed by atoms with Gasteiger partial charge in [-0.2, -0.15) is 18.3 Å². The molecule has 1 fully saturated rings. The highest BCUT2D eigenvalue weighted by Gasteiger charge is 2.44. The lowest BCUT2D eigenvalue weighted by Gasteiger charge is -2.35. The van der Waals surface area contributed by atoms with Gasteiger partial charge in [-0.3, -0.25) is 4.79 Å². The van der Waals surface area contributed by atoms with Crippen molar-refractivity contribution >= 4 is 23.3 Å². The maximum atomic E-state index is 14.1. The molecule has 0 aliphatic carbocycles. The van der Waals surface area contributed by atoms with Crippen LogP contribution in [-0.2, 0) is 12.6 Å². The number of rotatable bonds is 1. The van der Waals surface area contributed by atoms with Crippen LogP contribution in [0.15, 0.2) is 23.0 Å². The van der Waals surface area contributed by atoms with Crippen molar-refractivity contribution in [2.75, 3.05) is 5.32 Å². The summed E-state index contributed by atoms with van der Waals surface area (Å²) in [5.74, 6) is -1.24. The minimum Gasteiger partial charge on any atom is -0.313 e. The maximum Gasteiger partial charge on any atom is 0.417 e. The van der Waals surface area contributed by atoms with E-state index in [0.29, 0.717) is 25.0 Å². The molecule has 1 aromatic carbocycles. The lowest BCUT2D eigenvalue weighted by molar-refractivity contribution is -0.137. The number of benzene rings is 1. The van der Waals surface area contributed by atoms with Crippen LogP contribution in [0.2, 0.25) is 5.02 Å². The van der Waals surface area contributed by atoms with Gasteiger partial charge >= 0.3 is 12.2 Å². The molecule has 0 saturated carbocycles. The third-order valence-electron chi connectivity index (χ3n) is 5.03. The van der Waals surface area contributed by atoms with Gasteiger partial charge in [0.25, 0.3) is 5.56 Å². The first-order chi connectivity index (χ1) is 13.1. The highest BCUT2D eigenvalue weighted by Crippen LogP contribution is 2.43. The highest BCUT2D eigenvalue weighted by molar-refractivity contribution is 6.31. The lowest BCUT2D eigenvalue weighted by atomic mass is 9.99. The van der Waals surface area contributed by atoms with E-state index in [1.165, 1.54) is 11.0 Å². The zero-order chi connectivity index (χ0) is 20.2. The molecular formula is C17H13ClF4N4O2. The van der Waals surface area contributed by atoms with Crippen LogP contribution in [0.4, 0.5) is 28.0 Å². The fourth-order valence-electron chi connectivity index (χ4n) is 3.86. The summed E-state index contributed by atoms with van der Waals surface area (Å²) in [5, 5.41) is 7.96. The molecule has 3 heterocycles. The van der Waals surface area contributed by atoms with Crippen molar-refractivity contribution < 1.29 is 22.4 Å². The second-order valence-corrected chi connectivity index (χ2v) is 7.15. The molecule has 0 radical (unpaired) electrons. The Morgan fingerprint density at radius 2 is 2.04 bits per heavy atom. The summed E-state index contributed by atoms with van der Waals surface area (Å²) in [7, 11) is 0. The van der Waals surface area contributed by atoms with E-state index in [2.05, 4.69) is 15.5 Å². The Bertz CT molecular complexity index is 1020. The number of H-pyrrole nitrogens is 1. The molecule has 148 valence electrons. The third kappa shape index (κ3) is 3.11. The predicted octanol–water partition coefficient (Wildman–Crippen LogP) is 3.87. The molecule has 2 bridgehead atoms. The van der Waals surface area contributed by atoms with Gasteiger partial charge in [0, 0.05) is 12.1 Å². The van der Waals surface area contributed by atoms with Gasteiger partial charge in [-0.25, -0.2) is 14.3 Å². The number of aromatic nitrogens is 2. The SMILES string of the molecule is O=C(Nc1cc(Cl)c(C(F)(F)F)cc1F)N1[C@H]2CC[C@@H]1c1n[nH]c(=O)cc1C2. The van der Waals surface area contributed by atoms with Crippen LogP contribution in [0.3, 0.4) is 0 Å². The lowest BCUT2D eigenvalue weighted by Crippen LogP contribution is -2.45. The second-order valence-electron chi connectivity index (χ2n) is 6.74.